The molecule has 0 radical (unpaired) electrons. The van der Waals surface area contributed by atoms with Crippen LogP contribution in [0.15, 0.2) is 35.7 Å². The van der Waals surface area contributed by atoms with E-state index in [1.165, 1.54) is 16.9 Å². The van der Waals surface area contributed by atoms with Crippen molar-refractivity contribution in [1.29, 1.82) is 0 Å². The maximum Gasteiger partial charge on any atom is 0.261 e. The molecule has 0 fully saturated rings. The number of rotatable bonds is 3. The molecule has 2 heterocycles. The first kappa shape index (κ1) is 12.2. The van der Waals surface area contributed by atoms with Gasteiger partial charge in [-0.25, -0.2) is 0 Å². The van der Waals surface area contributed by atoms with Crippen LogP contribution in [0, 0.1) is 6.92 Å². The largest absolute Gasteiger partial charge is 0.488 e. The van der Waals surface area contributed by atoms with E-state index in [4.69, 9.17) is 4.74 Å². The van der Waals surface area contributed by atoms with E-state index in [1.807, 2.05) is 36.6 Å². The Hall–Kier alpha value is -1.81. The highest BCUT2D eigenvalue weighted by Crippen LogP contribution is 2.27. The highest BCUT2D eigenvalue weighted by atomic mass is 32.1. The molecule has 3 nitrogen and oxygen atoms in total. The number of aryl methyl sites for hydroxylation is 1. The van der Waals surface area contributed by atoms with Crippen molar-refractivity contribution in [2.75, 3.05) is 6.54 Å². The second-order valence-corrected chi connectivity index (χ2v) is 5.61. The van der Waals surface area contributed by atoms with Crippen molar-refractivity contribution < 1.29 is 9.53 Å². The van der Waals surface area contributed by atoms with Gasteiger partial charge in [-0.3, -0.25) is 4.79 Å². The maximum absolute atomic E-state index is 12.0. The molecule has 1 aromatic carbocycles. The van der Waals surface area contributed by atoms with Crippen molar-refractivity contribution in [3.63, 3.8) is 0 Å². The van der Waals surface area contributed by atoms with Crippen LogP contribution in [0.3, 0.4) is 0 Å². The minimum absolute atomic E-state index is 0.00736. The van der Waals surface area contributed by atoms with Gasteiger partial charge in [-0.2, -0.15) is 0 Å². The number of fused-ring (bicyclic) bond motifs is 1. The van der Waals surface area contributed by atoms with Gasteiger partial charge in [0.15, 0.2) is 0 Å². The molecular weight excluding hydrogens is 258 g/mol. The van der Waals surface area contributed by atoms with E-state index in [9.17, 15) is 4.79 Å². The summed E-state index contributed by atoms with van der Waals surface area (Å²) in [7, 11) is 0. The first-order chi connectivity index (χ1) is 9.24. The third-order valence-electron chi connectivity index (χ3n) is 3.27. The van der Waals surface area contributed by atoms with Crippen LogP contribution in [-0.4, -0.2) is 18.6 Å². The Morgan fingerprint density at radius 1 is 1.42 bits per heavy atom. The summed E-state index contributed by atoms with van der Waals surface area (Å²) in [6.07, 6.45) is 0.904. The molecule has 0 saturated carbocycles. The average molecular weight is 273 g/mol. The van der Waals surface area contributed by atoms with E-state index in [1.54, 1.807) is 0 Å². The Bertz CT molecular complexity index is 581. The van der Waals surface area contributed by atoms with Gasteiger partial charge < -0.3 is 10.1 Å². The highest BCUT2D eigenvalue weighted by Gasteiger charge is 2.23. The van der Waals surface area contributed by atoms with Crippen LogP contribution in [0.5, 0.6) is 5.75 Å². The summed E-state index contributed by atoms with van der Waals surface area (Å²) in [6.45, 7) is 2.50. The smallest absolute Gasteiger partial charge is 0.261 e. The van der Waals surface area contributed by atoms with Crippen molar-refractivity contribution in [3.8, 4) is 5.75 Å². The topological polar surface area (TPSA) is 38.3 Å². The van der Waals surface area contributed by atoms with Crippen LogP contribution in [0.4, 0.5) is 0 Å². The molecule has 1 aromatic heterocycles. The molecule has 1 amide bonds. The predicted octanol–water partition coefficient (Wildman–Crippen LogP) is 2.79. The Balaban J connectivity index is 1.58. The SMILES string of the molecule is Cc1ccsc1C(=O)NCC1Cc2ccccc2O1. The number of para-hydroxylation sites is 1. The summed E-state index contributed by atoms with van der Waals surface area (Å²) in [5.41, 5.74) is 2.24. The number of thiophene rings is 1. The number of nitrogens with one attached hydrogen (secondary N) is 1. The average Bonchev–Trinajstić information content (AvgIpc) is 3.01. The number of hydrogen-bond acceptors (Lipinski definition) is 3. The molecule has 98 valence electrons. The summed E-state index contributed by atoms with van der Waals surface area (Å²) in [4.78, 5) is 12.8. The van der Waals surface area contributed by atoms with Crippen LogP contribution in [0.1, 0.15) is 20.8 Å². The van der Waals surface area contributed by atoms with E-state index in [0.717, 1.165) is 22.6 Å². The zero-order chi connectivity index (χ0) is 13.2. The lowest BCUT2D eigenvalue weighted by Gasteiger charge is -2.11. The molecule has 19 heavy (non-hydrogen) atoms. The molecular formula is C15H15NO2S. The fourth-order valence-corrected chi connectivity index (χ4v) is 3.10. The molecule has 0 bridgehead atoms. The van der Waals surface area contributed by atoms with E-state index in [2.05, 4.69) is 11.4 Å². The van der Waals surface area contributed by atoms with E-state index < -0.39 is 0 Å². The summed E-state index contributed by atoms with van der Waals surface area (Å²) in [5.74, 6) is 0.932. The number of amides is 1. The van der Waals surface area contributed by atoms with Crippen molar-refractivity contribution in [2.45, 2.75) is 19.4 Å². The quantitative estimate of drug-likeness (QED) is 0.934. The Morgan fingerprint density at radius 3 is 3.00 bits per heavy atom. The first-order valence-electron chi connectivity index (χ1n) is 6.31. The summed E-state index contributed by atoms with van der Waals surface area (Å²) >= 11 is 1.47. The van der Waals surface area contributed by atoms with Crippen LogP contribution < -0.4 is 10.1 Å². The number of benzene rings is 1. The Kier molecular flexibility index (Phi) is 3.25. The molecule has 2 aromatic rings. The van der Waals surface area contributed by atoms with Gasteiger partial charge in [0.05, 0.1) is 11.4 Å². The molecule has 1 atom stereocenters. The zero-order valence-electron chi connectivity index (χ0n) is 10.7. The first-order valence-corrected chi connectivity index (χ1v) is 7.19. The lowest BCUT2D eigenvalue weighted by atomic mass is 10.1. The van der Waals surface area contributed by atoms with Crippen LogP contribution >= 0.6 is 11.3 Å². The molecule has 1 N–H and O–H groups in total. The molecule has 3 rings (SSSR count). The molecule has 0 saturated heterocycles. The van der Waals surface area contributed by atoms with Gasteiger partial charge in [0.25, 0.3) is 5.91 Å². The van der Waals surface area contributed by atoms with Crippen molar-refractivity contribution in [2.24, 2.45) is 0 Å². The predicted molar refractivity (Wildman–Crippen MR) is 76.0 cm³/mol. The van der Waals surface area contributed by atoms with Gasteiger partial charge in [0.1, 0.15) is 11.9 Å². The monoisotopic (exact) mass is 273 g/mol. The number of ether oxygens (including phenoxy) is 1. The lowest BCUT2D eigenvalue weighted by molar-refractivity contribution is 0.0937. The van der Waals surface area contributed by atoms with Gasteiger partial charge >= 0.3 is 0 Å². The summed E-state index contributed by atoms with van der Waals surface area (Å²) in [5, 5.41) is 4.89. The Morgan fingerprint density at radius 2 is 2.26 bits per heavy atom. The lowest BCUT2D eigenvalue weighted by Crippen LogP contribution is -2.34. The molecule has 0 spiro atoms. The molecule has 1 unspecified atom stereocenters. The van der Waals surface area contributed by atoms with E-state index in [-0.39, 0.29) is 12.0 Å². The maximum atomic E-state index is 12.0. The fraction of sp³-hybridized carbons (Fsp3) is 0.267. The number of hydrogen-bond donors (Lipinski definition) is 1. The van der Waals surface area contributed by atoms with Gasteiger partial charge in [-0.05, 0) is 35.6 Å². The molecule has 1 aliphatic heterocycles. The third-order valence-corrected chi connectivity index (χ3v) is 4.29. The minimum atomic E-state index is -0.00736. The van der Waals surface area contributed by atoms with Crippen LogP contribution in [-0.2, 0) is 6.42 Å². The van der Waals surface area contributed by atoms with E-state index >= 15 is 0 Å². The number of carbonyl (C=O) groups excluding carboxylic acids is 1. The van der Waals surface area contributed by atoms with Crippen LogP contribution in [0.25, 0.3) is 0 Å². The van der Waals surface area contributed by atoms with Gasteiger partial charge in [-0.15, -0.1) is 11.3 Å². The number of carbonyl (C=O) groups is 1. The van der Waals surface area contributed by atoms with Crippen LogP contribution in [0.2, 0.25) is 0 Å². The van der Waals surface area contributed by atoms with Gasteiger partial charge in [-0.1, -0.05) is 18.2 Å². The highest BCUT2D eigenvalue weighted by molar-refractivity contribution is 7.12. The third kappa shape index (κ3) is 2.49. The van der Waals surface area contributed by atoms with E-state index in [0.29, 0.717) is 6.54 Å². The second-order valence-electron chi connectivity index (χ2n) is 4.69. The molecule has 4 heteroatoms. The summed E-state index contributed by atoms with van der Waals surface area (Å²) < 4.78 is 5.79. The Labute approximate surface area is 116 Å². The summed E-state index contributed by atoms with van der Waals surface area (Å²) in [6, 6.07) is 9.98. The fourth-order valence-electron chi connectivity index (χ4n) is 2.26. The van der Waals surface area contributed by atoms with Crippen molar-refractivity contribution >= 4 is 17.2 Å². The molecule has 0 aliphatic carbocycles. The van der Waals surface area contributed by atoms with Crippen molar-refractivity contribution in [3.05, 3.63) is 51.7 Å². The van der Waals surface area contributed by atoms with Gasteiger partial charge in [0.2, 0.25) is 0 Å². The van der Waals surface area contributed by atoms with Gasteiger partial charge in [0, 0.05) is 6.42 Å². The minimum Gasteiger partial charge on any atom is -0.488 e. The zero-order valence-corrected chi connectivity index (χ0v) is 11.5. The van der Waals surface area contributed by atoms with Crippen molar-refractivity contribution in [1.82, 2.24) is 5.32 Å². The standard InChI is InChI=1S/C15H15NO2S/c1-10-6-7-19-14(10)15(17)16-9-12-8-11-4-2-3-5-13(11)18-12/h2-7,12H,8-9H2,1H3,(H,16,17). The molecule has 1 aliphatic rings. The second kappa shape index (κ2) is 5.05. The normalized spacial score (nSPS) is 16.8.